The van der Waals surface area contributed by atoms with Gasteiger partial charge in [0.25, 0.3) is 0 Å². The summed E-state index contributed by atoms with van der Waals surface area (Å²) in [5.74, 6) is 0. The molecular weight excluding hydrogens is 637 g/mol. The largest absolute Gasteiger partial charge is 0.311 e. The Hall–Kier alpha value is -6.38. The monoisotopic (exact) mass is 670 g/mol. The highest BCUT2D eigenvalue weighted by molar-refractivity contribution is 7.10. The number of aryl methyl sites for hydroxylation is 1. The van der Waals surface area contributed by atoms with Gasteiger partial charge in [-0.2, -0.15) is 0 Å². The highest BCUT2D eigenvalue weighted by Gasteiger charge is 2.14. The van der Waals surface area contributed by atoms with E-state index in [0.29, 0.717) is 0 Å². The number of hydrogen-bond acceptors (Lipinski definition) is 2. The van der Waals surface area contributed by atoms with E-state index in [-0.39, 0.29) is 0 Å². The molecule has 1 aliphatic rings. The van der Waals surface area contributed by atoms with Crippen molar-refractivity contribution in [3.8, 4) is 27.9 Å². The predicted octanol–water partition coefficient (Wildman–Crippen LogP) is 13.7. The molecule has 1 aliphatic carbocycles. The lowest BCUT2D eigenvalue weighted by Gasteiger charge is -2.26. The van der Waals surface area contributed by atoms with Gasteiger partial charge in [-0.1, -0.05) is 109 Å². The third-order valence-corrected chi connectivity index (χ3v) is 10.6. The van der Waals surface area contributed by atoms with E-state index in [1.54, 1.807) is 11.3 Å². The lowest BCUT2D eigenvalue weighted by atomic mass is 10.0. The van der Waals surface area contributed by atoms with Crippen molar-refractivity contribution in [2.75, 3.05) is 4.90 Å². The van der Waals surface area contributed by atoms with Gasteiger partial charge in [-0.05, 0) is 113 Å². The van der Waals surface area contributed by atoms with Crippen LogP contribution in [-0.4, -0.2) is 4.57 Å². The summed E-state index contributed by atoms with van der Waals surface area (Å²) in [7, 11) is 0. The van der Waals surface area contributed by atoms with E-state index in [1.165, 1.54) is 60.1 Å². The number of nitrogens with zero attached hydrogens (tertiary/aromatic N) is 2. The van der Waals surface area contributed by atoms with Gasteiger partial charge in [0.2, 0.25) is 0 Å². The minimum absolute atomic E-state index is 1.11. The smallest absolute Gasteiger partial charge is 0.0541 e. The molecular formula is C48H34N2S. The van der Waals surface area contributed by atoms with Crippen molar-refractivity contribution in [2.45, 2.75) is 6.92 Å². The van der Waals surface area contributed by atoms with Crippen molar-refractivity contribution in [1.82, 2.24) is 4.57 Å². The molecule has 2 heterocycles. The number of fused-ring (bicyclic) bond motifs is 4. The van der Waals surface area contributed by atoms with Crippen LogP contribution < -0.4 is 4.90 Å². The predicted molar refractivity (Wildman–Crippen MR) is 219 cm³/mol. The van der Waals surface area contributed by atoms with Crippen molar-refractivity contribution in [3.05, 3.63) is 197 Å². The molecule has 0 N–H and O–H groups in total. The molecule has 2 aromatic heterocycles. The van der Waals surface area contributed by atoms with E-state index >= 15 is 0 Å². The molecule has 0 saturated heterocycles. The van der Waals surface area contributed by atoms with Gasteiger partial charge >= 0.3 is 0 Å². The number of benzene rings is 6. The number of rotatable bonds is 6. The van der Waals surface area contributed by atoms with Crippen LogP contribution in [0.4, 0.5) is 17.1 Å². The van der Waals surface area contributed by atoms with Crippen molar-refractivity contribution >= 4 is 62.4 Å². The Kier molecular flexibility index (Phi) is 7.91. The van der Waals surface area contributed by atoms with Crippen molar-refractivity contribution < 1.29 is 0 Å². The van der Waals surface area contributed by atoms with Gasteiger partial charge in [-0.15, -0.1) is 17.1 Å². The maximum Gasteiger partial charge on any atom is 0.0541 e. The second-order valence-electron chi connectivity index (χ2n) is 12.8. The zero-order valence-corrected chi connectivity index (χ0v) is 29.0. The van der Waals surface area contributed by atoms with E-state index < -0.39 is 0 Å². The molecule has 0 unspecified atom stereocenters. The lowest BCUT2D eigenvalue weighted by molar-refractivity contribution is 1.18. The summed E-state index contributed by atoms with van der Waals surface area (Å²) in [4.78, 5) is 3.56. The number of hydrogen-bond donors (Lipinski definition) is 0. The van der Waals surface area contributed by atoms with Crippen LogP contribution in [0.3, 0.4) is 0 Å². The molecule has 2 nitrogen and oxygen atoms in total. The van der Waals surface area contributed by atoms with E-state index in [4.69, 9.17) is 0 Å². The van der Waals surface area contributed by atoms with Gasteiger partial charge < -0.3 is 9.47 Å². The first-order valence-electron chi connectivity index (χ1n) is 17.2. The molecule has 0 amide bonds. The number of para-hydroxylation sites is 3. The Morgan fingerprint density at radius 1 is 0.490 bits per heavy atom. The van der Waals surface area contributed by atoms with E-state index in [9.17, 15) is 0 Å². The molecule has 0 bridgehead atoms. The summed E-state index contributed by atoms with van der Waals surface area (Å²) in [5, 5.41) is 4.70. The average molecular weight is 671 g/mol. The molecule has 0 aliphatic heterocycles. The molecule has 9 rings (SSSR count). The van der Waals surface area contributed by atoms with E-state index in [2.05, 4.69) is 210 Å². The third-order valence-electron chi connectivity index (χ3n) is 9.69. The molecule has 0 fully saturated rings. The Balaban J connectivity index is 1.03. The van der Waals surface area contributed by atoms with Crippen LogP contribution in [0.25, 0.3) is 61.9 Å². The Bertz CT molecular complexity index is 2600. The first-order valence-corrected chi connectivity index (χ1v) is 18.1. The maximum atomic E-state index is 3.26. The van der Waals surface area contributed by atoms with Crippen molar-refractivity contribution in [1.29, 1.82) is 0 Å². The summed E-state index contributed by atoms with van der Waals surface area (Å²) >= 11 is 1.74. The summed E-state index contributed by atoms with van der Waals surface area (Å²) in [6, 6.07) is 61.2. The summed E-state index contributed by atoms with van der Waals surface area (Å²) < 4.78 is 2.36. The van der Waals surface area contributed by atoms with E-state index in [0.717, 1.165) is 22.7 Å². The lowest BCUT2D eigenvalue weighted by Crippen LogP contribution is -2.09. The average Bonchev–Trinajstić information content (AvgIpc) is 3.81. The first-order chi connectivity index (χ1) is 25.2. The zero-order chi connectivity index (χ0) is 34.1. The van der Waals surface area contributed by atoms with Crippen LogP contribution in [0, 0.1) is 6.92 Å². The second kappa shape index (κ2) is 13.2. The molecule has 0 atom stereocenters. The highest BCUT2D eigenvalue weighted by Crippen LogP contribution is 2.38. The normalized spacial score (nSPS) is 11.5. The summed E-state index contributed by atoms with van der Waals surface area (Å²) in [6.07, 6.45) is 4.15. The minimum Gasteiger partial charge on any atom is -0.311 e. The molecule has 242 valence electrons. The quantitative estimate of drug-likeness (QED) is 0.160. The fourth-order valence-electron chi connectivity index (χ4n) is 7.18. The Labute approximate surface area is 302 Å². The highest BCUT2D eigenvalue weighted by atomic mass is 32.1. The summed E-state index contributed by atoms with van der Waals surface area (Å²) in [6.45, 7) is 2.18. The number of aromatic nitrogens is 1. The molecule has 51 heavy (non-hydrogen) atoms. The standard InChI is InChI=1S/C48H34N2S/c1-34-33-38(11-10-32-51-48-19-9-16-43(34)48)37-24-28-41(29-25-37)49(39-12-3-2-4-13-39)40-26-20-35(21-27-40)36-22-30-42(31-23-36)50-46-17-7-5-14-44(46)45-15-6-8-18-47(45)50/h2-8,10-33H,1H3. The molecule has 3 heteroatoms. The topological polar surface area (TPSA) is 8.17 Å². The summed E-state index contributed by atoms with van der Waals surface area (Å²) in [5.41, 5.74) is 17.4. The van der Waals surface area contributed by atoms with Crippen LogP contribution in [0.1, 0.15) is 16.0 Å². The van der Waals surface area contributed by atoms with Crippen molar-refractivity contribution in [3.63, 3.8) is 0 Å². The molecule has 0 spiro atoms. The van der Waals surface area contributed by atoms with Crippen LogP contribution >= 0.6 is 11.3 Å². The van der Waals surface area contributed by atoms with E-state index in [1.807, 2.05) is 0 Å². The van der Waals surface area contributed by atoms with Gasteiger partial charge in [0, 0.05) is 44.0 Å². The first kappa shape index (κ1) is 30.7. The SMILES string of the molecule is Cc1cc(-c2ccc(N(c3ccccc3)c3ccc(-c4ccc(-n5c6ccccc6c6ccccc65)cc4)cc3)cc2)cccsc2c1C=C=C2. The molecule has 6 aromatic carbocycles. The van der Waals surface area contributed by atoms with Gasteiger partial charge in [0.1, 0.15) is 0 Å². The zero-order valence-electron chi connectivity index (χ0n) is 28.2. The van der Waals surface area contributed by atoms with Gasteiger partial charge in [0.05, 0.1) is 11.0 Å². The van der Waals surface area contributed by atoms with Gasteiger partial charge in [0.15, 0.2) is 0 Å². The molecule has 0 radical (unpaired) electrons. The molecule has 8 aromatic rings. The van der Waals surface area contributed by atoms with Crippen molar-refractivity contribution in [2.24, 2.45) is 0 Å². The Morgan fingerprint density at radius 2 is 1.02 bits per heavy atom. The molecule has 0 saturated carbocycles. The van der Waals surface area contributed by atoms with Crippen LogP contribution in [0.15, 0.2) is 181 Å². The maximum absolute atomic E-state index is 3.26. The fourth-order valence-corrected chi connectivity index (χ4v) is 7.97. The van der Waals surface area contributed by atoms with Crippen LogP contribution in [0.5, 0.6) is 0 Å². The third kappa shape index (κ3) is 5.75. The van der Waals surface area contributed by atoms with Gasteiger partial charge in [-0.3, -0.25) is 0 Å². The minimum atomic E-state index is 1.11. The second-order valence-corrected chi connectivity index (χ2v) is 13.8. The Morgan fingerprint density at radius 3 is 1.65 bits per heavy atom. The van der Waals surface area contributed by atoms with Crippen LogP contribution in [-0.2, 0) is 0 Å². The van der Waals surface area contributed by atoms with Crippen LogP contribution in [0.2, 0.25) is 0 Å². The fraction of sp³-hybridized carbons (Fsp3) is 0.0208. The number of anilines is 3. The van der Waals surface area contributed by atoms with Gasteiger partial charge in [-0.25, -0.2) is 0 Å².